The van der Waals surface area contributed by atoms with Crippen molar-refractivity contribution >= 4 is 11.7 Å². The van der Waals surface area contributed by atoms with Crippen LogP contribution in [0, 0.1) is 17.3 Å². The molecule has 2 saturated carbocycles. The highest BCUT2D eigenvalue weighted by molar-refractivity contribution is 5.94. The minimum atomic E-state index is -5.90. The van der Waals surface area contributed by atoms with Gasteiger partial charge in [0.05, 0.1) is 0 Å². The van der Waals surface area contributed by atoms with Gasteiger partial charge in [0, 0.05) is 42.3 Å². The first-order valence-electron chi connectivity index (χ1n) is 14.7. The molecule has 43 heavy (non-hydrogen) atoms. The number of hydrogen-bond acceptors (Lipinski definition) is 4. The number of carbonyl (C=O) groups excluding carboxylic acids is 2. The molecule has 1 amide bonds. The van der Waals surface area contributed by atoms with Crippen molar-refractivity contribution in [1.29, 1.82) is 0 Å². The van der Waals surface area contributed by atoms with E-state index in [-0.39, 0.29) is 30.4 Å². The van der Waals surface area contributed by atoms with Gasteiger partial charge in [-0.3, -0.25) is 14.6 Å². The molecule has 1 heterocycles. The number of amides is 1. The van der Waals surface area contributed by atoms with E-state index in [2.05, 4.69) is 10.3 Å². The quantitative estimate of drug-likeness (QED) is 0.369. The van der Waals surface area contributed by atoms with E-state index in [1.807, 2.05) is 0 Å². The van der Waals surface area contributed by atoms with Crippen LogP contribution in [0.1, 0.15) is 79.3 Å². The van der Waals surface area contributed by atoms with E-state index in [1.54, 1.807) is 54.9 Å². The summed E-state index contributed by atoms with van der Waals surface area (Å²) in [6.07, 6.45) is 0.159. The molecule has 5 nitrogen and oxygen atoms in total. The molecule has 0 saturated heterocycles. The molecule has 2 fully saturated rings. The first-order chi connectivity index (χ1) is 20.3. The molecule has 228 valence electrons. The molecular weight excluding hydrogens is 567 g/mol. The minimum Gasteiger partial charge on any atom is -0.383 e. The fourth-order valence-electron chi connectivity index (χ4n) is 8.37. The highest BCUT2D eigenvalue weighted by Gasteiger charge is 2.79. The van der Waals surface area contributed by atoms with E-state index in [1.165, 1.54) is 6.92 Å². The maximum absolute atomic E-state index is 15.2. The molecule has 1 aromatic heterocycles. The Morgan fingerprint density at radius 3 is 2.40 bits per heavy atom. The van der Waals surface area contributed by atoms with Gasteiger partial charge in [0.1, 0.15) is 5.60 Å². The van der Waals surface area contributed by atoms with Crippen LogP contribution < -0.4 is 5.32 Å². The van der Waals surface area contributed by atoms with Crippen molar-refractivity contribution in [3.8, 4) is 0 Å². The van der Waals surface area contributed by atoms with E-state index < -0.39 is 41.4 Å². The van der Waals surface area contributed by atoms with Crippen molar-refractivity contribution in [2.45, 2.75) is 82.0 Å². The second-order valence-electron chi connectivity index (χ2n) is 12.6. The second-order valence-corrected chi connectivity index (χ2v) is 12.6. The van der Waals surface area contributed by atoms with Crippen LogP contribution in [-0.2, 0) is 11.3 Å². The lowest BCUT2D eigenvalue weighted by atomic mass is 9.50. The fourth-order valence-corrected chi connectivity index (χ4v) is 8.37. The summed E-state index contributed by atoms with van der Waals surface area (Å²) in [7, 11) is 0. The summed E-state index contributed by atoms with van der Waals surface area (Å²) in [5.41, 5.74) is -0.156. The summed E-state index contributed by atoms with van der Waals surface area (Å²) in [6, 6.07) is 10.3. The molecule has 2 N–H and O–H groups in total. The molecule has 4 aliphatic rings. The molecular formula is C33H33F5N2O3. The Kier molecular flexibility index (Phi) is 7.14. The van der Waals surface area contributed by atoms with Crippen LogP contribution in [-0.4, -0.2) is 39.5 Å². The number of allylic oxidation sites excluding steroid dienone is 4. The summed E-state index contributed by atoms with van der Waals surface area (Å²) in [5, 5.41) is 14.2. The van der Waals surface area contributed by atoms with Gasteiger partial charge in [-0.2, -0.15) is 22.0 Å². The fraction of sp³-hybridized carbons (Fsp3) is 0.485. The number of pyridine rings is 1. The van der Waals surface area contributed by atoms with Crippen LogP contribution in [0.15, 0.2) is 71.6 Å². The molecule has 4 aliphatic carbocycles. The molecule has 6 rings (SSSR count). The van der Waals surface area contributed by atoms with Crippen molar-refractivity contribution in [3.63, 3.8) is 0 Å². The number of aliphatic hydroxyl groups is 1. The van der Waals surface area contributed by atoms with Gasteiger partial charge in [-0.15, -0.1) is 0 Å². The predicted octanol–water partition coefficient (Wildman–Crippen LogP) is 6.84. The number of benzene rings is 1. The van der Waals surface area contributed by atoms with Crippen molar-refractivity contribution < 1.29 is 36.6 Å². The largest absolute Gasteiger partial charge is 0.456 e. The summed E-state index contributed by atoms with van der Waals surface area (Å²) >= 11 is 0. The Morgan fingerprint density at radius 2 is 1.72 bits per heavy atom. The lowest BCUT2D eigenvalue weighted by Gasteiger charge is -2.56. The van der Waals surface area contributed by atoms with E-state index in [4.69, 9.17) is 0 Å². The van der Waals surface area contributed by atoms with Gasteiger partial charge < -0.3 is 10.4 Å². The summed E-state index contributed by atoms with van der Waals surface area (Å²) in [4.78, 5) is 29.0. The van der Waals surface area contributed by atoms with Crippen LogP contribution in [0.2, 0.25) is 0 Å². The maximum atomic E-state index is 15.2. The van der Waals surface area contributed by atoms with Crippen LogP contribution in [0.5, 0.6) is 0 Å². The number of hydrogen-bond donors (Lipinski definition) is 2. The Morgan fingerprint density at radius 1 is 1.02 bits per heavy atom. The summed E-state index contributed by atoms with van der Waals surface area (Å²) in [5.74, 6) is -7.00. The topological polar surface area (TPSA) is 79.3 Å². The normalized spacial score (nSPS) is 30.7. The summed E-state index contributed by atoms with van der Waals surface area (Å²) < 4.78 is 71.6. The number of aromatic nitrogens is 1. The van der Waals surface area contributed by atoms with Gasteiger partial charge in [-0.05, 0) is 103 Å². The van der Waals surface area contributed by atoms with E-state index in [0.717, 1.165) is 22.3 Å². The smallest absolute Gasteiger partial charge is 0.383 e. The molecule has 1 aromatic carbocycles. The molecule has 0 aliphatic heterocycles. The predicted molar refractivity (Wildman–Crippen MR) is 148 cm³/mol. The van der Waals surface area contributed by atoms with Gasteiger partial charge in [0.25, 0.3) is 5.91 Å². The zero-order valence-electron chi connectivity index (χ0n) is 23.7. The number of nitrogens with zero attached hydrogens (tertiary/aromatic N) is 1. The third-order valence-electron chi connectivity index (χ3n) is 10.5. The van der Waals surface area contributed by atoms with Crippen molar-refractivity contribution in [1.82, 2.24) is 10.3 Å². The van der Waals surface area contributed by atoms with Crippen LogP contribution in [0.4, 0.5) is 22.0 Å². The molecule has 0 bridgehead atoms. The molecule has 0 radical (unpaired) electrons. The lowest BCUT2D eigenvalue weighted by Crippen LogP contribution is -2.65. The number of fused-ring (bicyclic) bond motifs is 4. The van der Waals surface area contributed by atoms with Gasteiger partial charge in [-0.1, -0.05) is 24.6 Å². The Balaban J connectivity index is 1.38. The van der Waals surface area contributed by atoms with Crippen LogP contribution in [0.25, 0.3) is 0 Å². The Hall–Kier alpha value is -3.40. The molecule has 0 spiro atoms. The number of ketones is 1. The monoisotopic (exact) mass is 600 g/mol. The average molecular weight is 601 g/mol. The van der Waals surface area contributed by atoms with E-state index in [9.17, 15) is 27.9 Å². The van der Waals surface area contributed by atoms with Gasteiger partial charge in [0.2, 0.25) is 0 Å². The third-order valence-corrected chi connectivity index (χ3v) is 10.5. The van der Waals surface area contributed by atoms with Crippen molar-refractivity contribution in [2.24, 2.45) is 17.3 Å². The Bertz CT molecular complexity index is 1500. The van der Waals surface area contributed by atoms with Crippen LogP contribution >= 0.6 is 0 Å². The first kappa shape index (κ1) is 29.7. The van der Waals surface area contributed by atoms with Crippen molar-refractivity contribution in [3.05, 3.63) is 88.3 Å². The van der Waals surface area contributed by atoms with Crippen molar-refractivity contribution in [2.75, 3.05) is 0 Å². The standard InChI is InChI=1S/C33H33F5N2O3/c1-30-17-26(20-2-4-21(5-3-20)29(42)40-18-19-11-14-39-15-12-19)28-24-9-7-23(41)16-22(24)6-8-25(28)27(30)10-13-31(30,43)32(34,35)33(36,37)38/h2-5,11-12,14-16,25-27,43H,6-10,13,17-18H2,1H3,(H,40,42)/t25?,26-,27?,30+,31-/m1/s1. The zero-order valence-corrected chi connectivity index (χ0v) is 23.7. The van der Waals surface area contributed by atoms with Gasteiger partial charge in [0.15, 0.2) is 5.78 Å². The number of rotatable bonds is 5. The molecule has 2 unspecified atom stereocenters. The summed E-state index contributed by atoms with van der Waals surface area (Å²) in [6.45, 7) is 1.69. The van der Waals surface area contributed by atoms with E-state index in [0.29, 0.717) is 43.4 Å². The molecule has 5 atom stereocenters. The molecule has 10 heteroatoms. The number of nitrogens with one attached hydrogen (secondary N) is 1. The highest BCUT2D eigenvalue weighted by atomic mass is 19.4. The second kappa shape index (κ2) is 10.4. The average Bonchev–Trinajstić information content (AvgIpc) is 3.26. The zero-order chi connectivity index (χ0) is 30.8. The minimum absolute atomic E-state index is 0.0252. The van der Waals surface area contributed by atoms with E-state index >= 15 is 8.78 Å². The first-order valence-corrected chi connectivity index (χ1v) is 14.7. The Labute approximate surface area is 246 Å². The number of alkyl halides is 5. The van der Waals surface area contributed by atoms with Gasteiger partial charge >= 0.3 is 12.1 Å². The van der Waals surface area contributed by atoms with Crippen LogP contribution in [0.3, 0.4) is 0 Å². The molecule has 2 aromatic rings. The number of carbonyl (C=O) groups is 2. The van der Waals surface area contributed by atoms with Gasteiger partial charge in [-0.25, -0.2) is 0 Å². The third kappa shape index (κ3) is 4.64. The highest BCUT2D eigenvalue weighted by Crippen LogP contribution is 2.70. The lowest BCUT2D eigenvalue weighted by molar-refractivity contribution is -0.362. The maximum Gasteiger partial charge on any atom is 0.456 e. The number of halogens is 5. The SMILES string of the molecule is C[C@]12C[C@H](c3ccc(C(=O)NCc4ccncc4)cc3)C3=C4CCC(=O)C=C4CCC3C1CC[C@]2(O)C(F)(F)C(F)(F)F.